The number of nitrogens with one attached hydrogen (secondary N) is 3. The first-order valence-corrected chi connectivity index (χ1v) is 14.7. The molecule has 206 valence electrons. The number of H-pyrrole nitrogens is 1. The smallest absolute Gasteiger partial charge is 0.210 e. The molecule has 0 atom stereocenters. The minimum atomic E-state index is 0.518. The van der Waals surface area contributed by atoms with Crippen LogP contribution < -0.4 is 10.6 Å². The fourth-order valence-electron chi connectivity index (χ4n) is 5.33. The van der Waals surface area contributed by atoms with Gasteiger partial charge in [-0.25, -0.2) is 4.98 Å². The molecule has 0 saturated heterocycles. The van der Waals surface area contributed by atoms with E-state index in [0.717, 1.165) is 70.8 Å². The molecule has 0 amide bonds. The number of aromatic amines is 1. The molecule has 0 bridgehead atoms. The first kappa shape index (κ1) is 26.9. The van der Waals surface area contributed by atoms with E-state index in [0.29, 0.717) is 5.11 Å². The highest BCUT2D eigenvalue weighted by Crippen LogP contribution is 2.24. The number of anilines is 2. The minimum absolute atomic E-state index is 0.518. The van der Waals surface area contributed by atoms with E-state index >= 15 is 0 Å². The number of benzene rings is 4. The van der Waals surface area contributed by atoms with E-state index in [1.807, 2.05) is 42.5 Å². The lowest BCUT2D eigenvalue weighted by Crippen LogP contribution is -2.21. The summed E-state index contributed by atoms with van der Waals surface area (Å²) in [6.45, 7) is 3.74. The zero-order chi connectivity index (χ0) is 28.2. The second kappa shape index (κ2) is 12.1. The van der Waals surface area contributed by atoms with Crippen LogP contribution >= 0.6 is 24.4 Å². The van der Waals surface area contributed by atoms with Crippen molar-refractivity contribution in [3.05, 3.63) is 119 Å². The van der Waals surface area contributed by atoms with Crippen molar-refractivity contribution in [1.29, 1.82) is 0 Å². The Labute approximate surface area is 250 Å². The number of aromatic nitrogens is 4. The highest BCUT2D eigenvalue weighted by Gasteiger charge is 2.13. The van der Waals surface area contributed by atoms with Crippen LogP contribution in [0.4, 0.5) is 11.6 Å². The number of nitrogens with zero attached hydrogens (tertiary/aromatic N) is 3. The van der Waals surface area contributed by atoms with Crippen molar-refractivity contribution in [2.75, 3.05) is 10.6 Å². The van der Waals surface area contributed by atoms with Crippen molar-refractivity contribution < 1.29 is 0 Å². The number of fused-ring (bicyclic) bond motifs is 2. The summed E-state index contributed by atoms with van der Waals surface area (Å²) in [4.78, 5) is 8.33. The van der Waals surface area contributed by atoms with Crippen LogP contribution in [0.25, 0.3) is 22.1 Å². The van der Waals surface area contributed by atoms with Crippen molar-refractivity contribution in [3.8, 4) is 0 Å². The van der Waals surface area contributed by atoms with Gasteiger partial charge >= 0.3 is 0 Å². The third kappa shape index (κ3) is 5.94. The van der Waals surface area contributed by atoms with E-state index in [4.69, 9.17) is 29.4 Å². The largest absolute Gasteiger partial charge is 0.332 e. The maximum Gasteiger partial charge on any atom is 0.210 e. The van der Waals surface area contributed by atoms with Gasteiger partial charge in [0.1, 0.15) is 0 Å². The van der Waals surface area contributed by atoms with Gasteiger partial charge in [0.2, 0.25) is 5.95 Å². The van der Waals surface area contributed by atoms with Gasteiger partial charge < -0.3 is 24.8 Å². The summed E-state index contributed by atoms with van der Waals surface area (Å²) in [5, 5.41) is 7.08. The number of rotatable bonds is 9. The van der Waals surface area contributed by atoms with Crippen LogP contribution in [0.5, 0.6) is 0 Å². The molecule has 2 heterocycles. The zero-order valence-electron chi connectivity index (χ0n) is 22.9. The van der Waals surface area contributed by atoms with Gasteiger partial charge in [-0.2, -0.15) is 0 Å². The molecule has 8 heteroatoms. The molecule has 6 nitrogen and oxygen atoms in total. The average Bonchev–Trinajstić information content (AvgIpc) is 3.49. The molecule has 6 aromatic rings. The van der Waals surface area contributed by atoms with E-state index in [1.54, 1.807) is 0 Å². The molecule has 0 aliphatic heterocycles. The second-order valence-corrected chi connectivity index (χ2v) is 11.0. The van der Waals surface area contributed by atoms with Gasteiger partial charge in [0.15, 0.2) is 9.88 Å². The molecule has 41 heavy (non-hydrogen) atoms. The molecule has 6 rings (SSSR count). The van der Waals surface area contributed by atoms with Crippen LogP contribution in [0, 0.1) is 11.7 Å². The molecule has 0 spiro atoms. The molecule has 0 saturated carbocycles. The lowest BCUT2D eigenvalue weighted by molar-refractivity contribution is 0.627. The van der Waals surface area contributed by atoms with Crippen molar-refractivity contribution in [1.82, 2.24) is 19.1 Å². The van der Waals surface area contributed by atoms with Gasteiger partial charge in [-0.15, -0.1) is 0 Å². The molecule has 0 aliphatic carbocycles. The predicted molar refractivity (Wildman–Crippen MR) is 176 cm³/mol. The normalized spacial score (nSPS) is 11.2. The molecule has 0 aliphatic rings. The van der Waals surface area contributed by atoms with Gasteiger partial charge in [0.25, 0.3) is 0 Å². The third-order valence-corrected chi connectivity index (χ3v) is 8.00. The van der Waals surface area contributed by atoms with Gasteiger partial charge in [-0.1, -0.05) is 66.7 Å². The predicted octanol–water partition coefficient (Wildman–Crippen LogP) is 8.24. The van der Waals surface area contributed by atoms with Crippen molar-refractivity contribution in [3.63, 3.8) is 0 Å². The van der Waals surface area contributed by atoms with Gasteiger partial charge in [-0.3, -0.25) is 0 Å². The molecule has 3 N–H and O–H groups in total. The highest BCUT2D eigenvalue weighted by atomic mass is 32.1. The quantitative estimate of drug-likeness (QED) is 0.120. The number of aryl methyl sites for hydroxylation is 3. The zero-order valence-corrected chi connectivity index (χ0v) is 24.6. The second-order valence-electron chi connectivity index (χ2n) is 10.2. The van der Waals surface area contributed by atoms with Crippen LogP contribution in [0.3, 0.4) is 0 Å². The van der Waals surface area contributed by atoms with E-state index < -0.39 is 0 Å². The van der Waals surface area contributed by atoms with Gasteiger partial charge in [0, 0.05) is 12.2 Å². The van der Waals surface area contributed by atoms with E-state index in [9.17, 15) is 0 Å². The summed E-state index contributed by atoms with van der Waals surface area (Å²) in [5.74, 6) is 0.749. The lowest BCUT2D eigenvalue weighted by Gasteiger charge is -2.13. The van der Waals surface area contributed by atoms with Gasteiger partial charge in [0.05, 0.1) is 28.6 Å². The first-order chi connectivity index (χ1) is 20.1. The van der Waals surface area contributed by atoms with Crippen molar-refractivity contribution in [2.45, 2.75) is 39.3 Å². The third-order valence-electron chi connectivity index (χ3n) is 7.48. The first-order valence-electron chi connectivity index (χ1n) is 13.9. The number of hydrogen-bond donors (Lipinski definition) is 3. The molecular weight excluding hydrogens is 545 g/mol. The Morgan fingerprint density at radius 3 is 2.37 bits per heavy atom. The summed E-state index contributed by atoms with van der Waals surface area (Å²) in [6.07, 6.45) is 2.98. The Kier molecular flexibility index (Phi) is 7.93. The lowest BCUT2D eigenvalue weighted by atomic mass is 10.1. The maximum atomic E-state index is 5.75. The van der Waals surface area contributed by atoms with Crippen LogP contribution in [-0.2, 0) is 19.5 Å². The summed E-state index contributed by atoms with van der Waals surface area (Å²) in [5.41, 5.74) is 9.12. The van der Waals surface area contributed by atoms with Crippen LogP contribution in [-0.4, -0.2) is 24.2 Å². The molecule has 0 radical (unpaired) electrons. The number of unbranched alkanes of at least 4 members (excludes halogenated alkanes) is 1. The average molecular weight is 577 g/mol. The SMILES string of the molecule is Cc1ccccc1Cn1c(=S)[nH]c2c(CCCCn3c(NC(=S)Nc4ccccc4)nc4ccccc43)cccc21. The Balaban J connectivity index is 1.16. The standard InChI is InChI=1S/C33H32N6S2/c1-23-12-5-6-14-25(23)22-39-29-20-11-15-24(30(29)36-33(39)41)13-9-10-21-38-28-19-8-7-18-27(28)35-31(38)37-32(40)34-26-16-3-2-4-17-26/h2-8,11-12,14-20H,9-10,13,21-22H2,1H3,(H,36,41)(H2,34,35,37,40). The fourth-order valence-corrected chi connectivity index (χ4v) is 5.80. The molecular formula is C33H32N6S2. The maximum absolute atomic E-state index is 5.75. The molecule has 4 aromatic carbocycles. The Morgan fingerprint density at radius 1 is 0.780 bits per heavy atom. The Hall–Kier alpha value is -4.27. The van der Waals surface area contributed by atoms with Crippen molar-refractivity contribution >= 4 is 63.3 Å². The Bertz CT molecular complexity index is 1880. The summed E-state index contributed by atoms with van der Waals surface area (Å²) in [7, 11) is 0. The number of para-hydroxylation sites is 4. The number of thiocarbonyl (C=S) groups is 1. The molecule has 2 aromatic heterocycles. The highest BCUT2D eigenvalue weighted by molar-refractivity contribution is 7.80. The molecule has 0 unspecified atom stereocenters. The Morgan fingerprint density at radius 2 is 1.51 bits per heavy atom. The number of imidazole rings is 2. The summed E-state index contributed by atoms with van der Waals surface area (Å²) >= 11 is 11.4. The fraction of sp³-hybridized carbons (Fsp3) is 0.182. The topological polar surface area (TPSA) is 62.6 Å². The van der Waals surface area contributed by atoms with Crippen LogP contribution in [0.15, 0.2) is 97.1 Å². The van der Waals surface area contributed by atoms with Crippen LogP contribution in [0.2, 0.25) is 0 Å². The monoisotopic (exact) mass is 576 g/mol. The minimum Gasteiger partial charge on any atom is -0.332 e. The van der Waals surface area contributed by atoms with E-state index in [1.165, 1.54) is 16.7 Å². The van der Waals surface area contributed by atoms with Gasteiger partial charge in [-0.05, 0) is 97.6 Å². The van der Waals surface area contributed by atoms with Crippen molar-refractivity contribution in [2.24, 2.45) is 0 Å². The summed E-state index contributed by atoms with van der Waals surface area (Å²) in [6, 6.07) is 33.1. The van der Waals surface area contributed by atoms with E-state index in [2.05, 4.69) is 86.3 Å². The summed E-state index contributed by atoms with van der Waals surface area (Å²) < 4.78 is 5.19. The molecule has 0 fully saturated rings. The number of hydrogen-bond acceptors (Lipinski definition) is 3. The van der Waals surface area contributed by atoms with Crippen LogP contribution in [0.1, 0.15) is 29.5 Å². The van der Waals surface area contributed by atoms with E-state index in [-0.39, 0.29) is 0 Å².